The Morgan fingerprint density at radius 3 is 2.79 bits per heavy atom. The van der Waals surface area contributed by atoms with Gasteiger partial charge in [-0.3, -0.25) is 9.48 Å². The second-order valence-electron chi connectivity index (χ2n) is 6.76. The molecule has 1 spiro atoms. The fourth-order valence-corrected chi connectivity index (χ4v) is 4.03. The summed E-state index contributed by atoms with van der Waals surface area (Å²) >= 11 is 0. The Morgan fingerprint density at radius 1 is 1.42 bits per heavy atom. The largest absolute Gasteiger partial charge is 0.367 e. The van der Waals surface area contributed by atoms with Gasteiger partial charge in [0.1, 0.15) is 5.82 Å². The molecule has 1 aromatic heterocycles. The number of fused-ring (bicyclic) bond motifs is 2. The summed E-state index contributed by atoms with van der Waals surface area (Å²) in [5.41, 5.74) is 1.87. The molecule has 1 aliphatic heterocycles. The summed E-state index contributed by atoms with van der Waals surface area (Å²) in [6, 6.07) is 4.99. The van der Waals surface area contributed by atoms with Crippen molar-refractivity contribution < 1.29 is 13.9 Å². The normalized spacial score (nSPS) is 19.2. The summed E-state index contributed by atoms with van der Waals surface area (Å²) in [4.78, 5) is 14.8. The second-order valence-corrected chi connectivity index (χ2v) is 6.76. The number of halogens is 1. The predicted molar refractivity (Wildman–Crippen MR) is 87.2 cm³/mol. The Morgan fingerprint density at radius 2 is 2.21 bits per heavy atom. The van der Waals surface area contributed by atoms with Crippen LogP contribution < -0.4 is 4.90 Å². The molecule has 2 aliphatic rings. The molecule has 1 amide bonds. The molecule has 4 rings (SSSR count). The first-order valence-electron chi connectivity index (χ1n) is 8.17. The van der Waals surface area contributed by atoms with E-state index in [2.05, 4.69) is 5.10 Å². The van der Waals surface area contributed by atoms with E-state index in [1.807, 2.05) is 6.07 Å². The van der Waals surface area contributed by atoms with Gasteiger partial charge >= 0.3 is 0 Å². The lowest BCUT2D eigenvalue weighted by atomic mass is 9.65. The van der Waals surface area contributed by atoms with Crippen LogP contribution in [0.25, 0.3) is 0 Å². The fourth-order valence-electron chi connectivity index (χ4n) is 4.03. The van der Waals surface area contributed by atoms with Crippen LogP contribution in [0.15, 0.2) is 30.6 Å². The third kappa shape index (κ3) is 2.09. The summed E-state index contributed by atoms with van der Waals surface area (Å²) in [5, 5.41) is 4.11. The molecule has 0 N–H and O–H groups in total. The van der Waals surface area contributed by atoms with Gasteiger partial charge in [0.05, 0.1) is 11.9 Å². The molecular formula is C18H20FN3O2. The van der Waals surface area contributed by atoms with E-state index in [0.29, 0.717) is 23.4 Å². The third-order valence-corrected chi connectivity index (χ3v) is 5.34. The van der Waals surface area contributed by atoms with E-state index in [1.54, 1.807) is 35.1 Å². The standard InChI is InChI=1S/C18H20FN3O2/c1-21-10-12(9-20-21)16(24-2)17(23)22-11-18(7-4-8-18)15-13(19)5-3-6-14(15)22/h3,5-6,9-10,16H,4,7-8,11H2,1-2H3. The molecule has 6 heteroatoms. The number of rotatable bonds is 3. The van der Waals surface area contributed by atoms with Crippen molar-refractivity contribution >= 4 is 11.6 Å². The summed E-state index contributed by atoms with van der Waals surface area (Å²) in [7, 11) is 3.31. The Kier molecular flexibility index (Phi) is 3.46. The zero-order chi connectivity index (χ0) is 16.9. The number of aryl methyl sites for hydroxylation is 1. The average Bonchev–Trinajstić information content (AvgIpc) is 3.10. The van der Waals surface area contributed by atoms with Crippen molar-refractivity contribution in [1.82, 2.24) is 9.78 Å². The fraction of sp³-hybridized carbons (Fsp3) is 0.444. The van der Waals surface area contributed by atoms with E-state index in [4.69, 9.17) is 4.74 Å². The quantitative estimate of drug-likeness (QED) is 0.870. The summed E-state index contributed by atoms with van der Waals surface area (Å²) in [5.74, 6) is -0.376. The first kappa shape index (κ1) is 15.3. The number of ether oxygens (including phenoxy) is 1. The Balaban J connectivity index is 1.72. The van der Waals surface area contributed by atoms with Gasteiger partial charge in [-0.05, 0) is 25.0 Å². The maximum atomic E-state index is 14.5. The molecule has 0 bridgehead atoms. The van der Waals surface area contributed by atoms with Gasteiger partial charge in [0.2, 0.25) is 0 Å². The molecule has 24 heavy (non-hydrogen) atoms. The van der Waals surface area contributed by atoms with Gasteiger partial charge in [0, 0.05) is 43.4 Å². The van der Waals surface area contributed by atoms with Crippen molar-refractivity contribution in [3.05, 3.63) is 47.5 Å². The minimum absolute atomic E-state index is 0.166. The van der Waals surface area contributed by atoms with Gasteiger partial charge in [-0.2, -0.15) is 5.10 Å². The number of hydrogen-bond donors (Lipinski definition) is 0. The lowest BCUT2D eigenvalue weighted by molar-refractivity contribution is -0.128. The Bertz CT molecular complexity index is 797. The van der Waals surface area contributed by atoms with Crippen molar-refractivity contribution in [2.75, 3.05) is 18.6 Å². The SMILES string of the molecule is COC(C(=O)N1CC2(CCC2)c2c(F)cccc21)c1cnn(C)c1. The number of aromatic nitrogens is 2. The lowest BCUT2D eigenvalue weighted by Crippen LogP contribution is -2.43. The van der Waals surface area contributed by atoms with Crippen LogP contribution in [0.1, 0.15) is 36.5 Å². The zero-order valence-corrected chi connectivity index (χ0v) is 13.8. The van der Waals surface area contributed by atoms with E-state index < -0.39 is 6.10 Å². The Labute approximate surface area is 140 Å². The number of amides is 1. The highest BCUT2D eigenvalue weighted by molar-refractivity contribution is 5.99. The molecule has 126 valence electrons. The highest BCUT2D eigenvalue weighted by Crippen LogP contribution is 2.53. The van der Waals surface area contributed by atoms with Crippen LogP contribution in [-0.2, 0) is 22.0 Å². The van der Waals surface area contributed by atoms with Crippen molar-refractivity contribution in [3.63, 3.8) is 0 Å². The molecule has 1 aliphatic carbocycles. The van der Waals surface area contributed by atoms with Gasteiger partial charge in [-0.1, -0.05) is 12.5 Å². The molecule has 0 radical (unpaired) electrons. The van der Waals surface area contributed by atoms with E-state index in [1.165, 1.54) is 13.2 Å². The number of benzene rings is 1. The van der Waals surface area contributed by atoms with Gasteiger partial charge in [-0.15, -0.1) is 0 Å². The maximum absolute atomic E-state index is 14.5. The highest BCUT2D eigenvalue weighted by Gasteiger charge is 2.51. The number of carbonyl (C=O) groups is 1. The first-order chi connectivity index (χ1) is 11.6. The van der Waals surface area contributed by atoms with E-state index in [0.717, 1.165) is 19.3 Å². The molecule has 1 aromatic carbocycles. The molecule has 1 fully saturated rings. The number of carbonyl (C=O) groups excluding carboxylic acids is 1. The van der Waals surface area contributed by atoms with Crippen LogP contribution in [-0.4, -0.2) is 29.3 Å². The van der Waals surface area contributed by atoms with Gasteiger partial charge in [0.25, 0.3) is 5.91 Å². The summed E-state index contributed by atoms with van der Waals surface area (Å²) in [6.07, 6.45) is 5.60. The molecular weight excluding hydrogens is 309 g/mol. The molecule has 1 saturated carbocycles. The summed E-state index contributed by atoms with van der Waals surface area (Å²) < 4.78 is 21.6. The second kappa shape index (κ2) is 5.41. The van der Waals surface area contributed by atoms with Crippen molar-refractivity contribution in [1.29, 1.82) is 0 Å². The monoisotopic (exact) mass is 329 g/mol. The Hall–Kier alpha value is -2.21. The molecule has 2 aromatic rings. The van der Waals surface area contributed by atoms with E-state index in [9.17, 15) is 9.18 Å². The van der Waals surface area contributed by atoms with Crippen molar-refractivity contribution in [3.8, 4) is 0 Å². The van der Waals surface area contributed by atoms with Gasteiger partial charge in [-0.25, -0.2) is 4.39 Å². The predicted octanol–water partition coefficient (Wildman–Crippen LogP) is 2.72. The van der Waals surface area contributed by atoms with Gasteiger partial charge in [0.15, 0.2) is 6.10 Å². The van der Waals surface area contributed by atoms with Crippen molar-refractivity contribution in [2.24, 2.45) is 7.05 Å². The first-order valence-corrected chi connectivity index (χ1v) is 8.17. The van der Waals surface area contributed by atoms with E-state index >= 15 is 0 Å². The molecule has 5 nitrogen and oxygen atoms in total. The molecule has 1 unspecified atom stereocenters. The van der Waals surface area contributed by atoms with Crippen LogP contribution in [0.3, 0.4) is 0 Å². The maximum Gasteiger partial charge on any atom is 0.260 e. The van der Waals surface area contributed by atoms with Crippen LogP contribution in [0.4, 0.5) is 10.1 Å². The third-order valence-electron chi connectivity index (χ3n) is 5.34. The zero-order valence-electron chi connectivity index (χ0n) is 13.8. The molecule has 1 atom stereocenters. The molecule has 2 heterocycles. The van der Waals surface area contributed by atoms with Crippen LogP contribution >= 0.6 is 0 Å². The van der Waals surface area contributed by atoms with E-state index in [-0.39, 0.29) is 17.1 Å². The minimum Gasteiger partial charge on any atom is -0.367 e. The smallest absolute Gasteiger partial charge is 0.260 e. The lowest BCUT2D eigenvalue weighted by Gasteiger charge is -2.39. The number of nitrogens with zero attached hydrogens (tertiary/aromatic N) is 3. The minimum atomic E-state index is -0.731. The number of hydrogen-bond acceptors (Lipinski definition) is 3. The topological polar surface area (TPSA) is 47.4 Å². The van der Waals surface area contributed by atoms with Crippen LogP contribution in [0.2, 0.25) is 0 Å². The van der Waals surface area contributed by atoms with Crippen LogP contribution in [0.5, 0.6) is 0 Å². The average molecular weight is 329 g/mol. The number of anilines is 1. The molecule has 0 saturated heterocycles. The van der Waals surface area contributed by atoms with Gasteiger partial charge < -0.3 is 9.64 Å². The van der Waals surface area contributed by atoms with Crippen molar-refractivity contribution in [2.45, 2.75) is 30.8 Å². The van der Waals surface area contributed by atoms with Crippen LogP contribution in [0, 0.1) is 5.82 Å². The number of methoxy groups -OCH3 is 1. The highest BCUT2D eigenvalue weighted by atomic mass is 19.1. The summed E-state index contributed by atoms with van der Waals surface area (Å²) in [6.45, 7) is 0.530.